The Balaban J connectivity index is 2.59. The second-order valence-electron chi connectivity index (χ2n) is 1.44. The average Bonchev–Trinajstić information content (AvgIpc) is 2.14. The van der Waals surface area contributed by atoms with Crippen LogP contribution in [0.3, 0.4) is 0 Å². The standard InChI is InChI=1S/C6H7N/c1-7-6-4-2-3-5-6/h2-6H,1H2. The molecular formula is C6H7N. The molecule has 0 aromatic carbocycles. The first-order chi connectivity index (χ1) is 3.43. The van der Waals surface area contributed by atoms with Gasteiger partial charge >= 0.3 is 0 Å². The molecule has 36 valence electrons. The summed E-state index contributed by atoms with van der Waals surface area (Å²) in [6.07, 6.45) is 7.93. The fourth-order valence-corrected chi connectivity index (χ4v) is 0.542. The molecule has 1 nitrogen and oxygen atoms in total. The third-order valence-corrected chi connectivity index (χ3v) is 0.939. The van der Waals surface area contributed by atoms with E-state index in [0.29, 0.717) is 0 Å². The predicted molar refractivity (Wildman–Crippen MR) is 31.6 cm³/mol. The molecule has 0 atom stereocenters. The normalized spacial score (nSPS) is 18.3. The number of hydrogen-bond donors (Lipinski definition) is 0. The summed E-state index contributed by atoms with van der Waals surface area (Å²) >= 11 is 0. The summed E-state index contributed by atoms with van der Waals surface area (Å²) in [5.41, 5.74) is 0. The molecule has 0 saturated heterocycles. The number of nitrogens with zero attached hydrogens (tertiary/aromatic N) is 1. The molecule has 0 aromatic rings. The molecule has 1 aliphatic carbocycles. The molecular weight excluding hydrogens is 86.1 g/mol. The summed E-state index contributed by atoms with van der Waals surface area (Å²) in [7, 11) is 0. The lowest BCUT2D eigenvalue weighted by atomic mass is 10.4. The topological polar surface area (TPSA) is 12.4 Å². The van der Waals surface area contributed by atoms with Crippen molar-refractivity contribution in [2.45, 2.75) is 6.04 Å². The van der Waals surface area contributed by atoms with Gasteiger partial charge in [-0.15, -0.1) is 0 Å². The van der Waals surface area contributed by atoms with Crippen LogP contribution in [-0.4, -0.2) is 12.8 Å². The van der Waals surface area contributed by atoms with E-state index in [1.165, 1.54) is 0 Å². The molecule has 0 spiro atoms. The minimum absolute atomic E-state index is 0.250. The van der Waals surface area contributed by atoms with Crippen LogP contribution in [-0.2, 0) is 0 Å². The molecule has 0 unspecified atom stereocenters. The highest BCUT2D eigenvalue weighted by Gasteiger charge is 1.94. The van der Waals surface area contributed by atoms with Crippen LogP contribution in [0.2, 0.25) is 0 Å². The van der Waals surface area contributed by atoms with Gasteiger partial charge in [-0.2, -0.15) is 0 Å². The predicted octanol–water partition coefficient (Wildman–Crippen LogP) is 1.18. The zero-order valence-corrected chi connectivity index (χ0v) is 4.04. The highest BCUT2D eigenvalue weighted by molar-refractivity contribution is 5.31. The first-order valence-corrected chi connectivity index (χ1v) is 2.24. The van der Waals surface area contributed by atoms with Gasteiger partial charge in [0.1, 0.15) is 0 Å². The largest absolute Gasteiger partial charge is 0.289 e. The SMILES string of the molecule is C=NC1C=CC=C1. The van der Waals surface area contributed by atoms with Crippen molar-refractivity contribution < 1.29 is 0 Å². The van der Waals surface area contributed by atoms with E-state index in [2.05, 4.69) is 11.7 Å². The number of rotatable bonds is 1. The molecule has 1 rings (SSSR count). The van der Waals surface area contributed by atoms with Crippen molar-refractivity contribution in [2.24, 2.45) is 4.99 Å². The van der Waals surface area contributed by atoms with E-state index in [1.807, 2.05) is 24.3 Å². The summed E-state index contributed by atoms with van der Waals surface area (Å²) < 4.78 is 0. The zero-order chi connectivity index (χ0) is 5.11. The van der Waals surface area contributed by atoms with Gasteiger partial charge in [0.25, 0.3) is 0 Å². The van der Waals surface area contributed by atoms with Crippen molar-refractivity contribution >= 4 is 6.72 Å². The van der Waals surface area contributed by atoms with Crippen molar-refractivity contribution in [3.63, 3.8) is 0 Å². The molecule has 0 bridgehead atoms. The van der Waals surface area contributed by atoms with Crippen LogP contribution in [0, 0.1) is 0 Å². The maximum atomic E-state index is 3.76. The average molecular weight is 93.1 g/mol. The van der Waals surface area contributed by atoms with Crippen molar-refractivity contribution in [1.29, 1.82) is 0 Å². The van der Waals surface area contributed by atoms with Gasteiger partial charge < -0.3 is 0 Å². The minimum Gasteiger partial charge on any atom is -0.289 e. The summed E-state index contributed by atoms with van der Waals surface area (Å²) in [5.74, 6) is 0. The van der Waals surface area contributed by atoms with Crippen LogP contribution in [0.25, 0.3) is 0 Å². The fourth-order valence-electron chi connectivity index (χ4n) is 0.542. The van der Waals surface area contributed by atoms with Crippen LogP contribution in [0.1, 0.15) is 0 Å². The van der Waals surface area contributed by atoms with E-state index in [0.717, 1.165) is 0 Å². The molecule has 0 saturated carbocycles. The van der Waals surface area contributed by atoms with Crippen LogP contribution >= 0.6 is 0 Å². The molecule has 0 amide bonds. The Labute approximate surface area is 43.1 Å². The maximum absolute atomic E-state index is 3.76. The van der Waals surface area contributed by atoms with Crippen LogP contribution in [0.5, 0.6) is 0 Å². The van der Waals surface area contributed by atoms with Gasteiger partial charge in [0.15, 0.2) is 0 Å². The first kappa shape index (κ1) is 4.31. The molecule has 0 radical (unpaired) electrons. The quantitative estimate of drug-likeness (QED) is 0.432. The molecule has 0 N–H and O–H groups in total. The first-order valence-electron chi connectivity index (χ1n) is 2.24. The highest BCUT2D eigenvalue weighted by Crippen LogP contribution is 2.01. The Morgan fingerprint density at radius 1 is 1.29 bits per heavy atom. The van der Waals surface area contributed by atoms with Crippen LogP contribution < -0.4 is 0 Å². The molecule has 7 heavy (non-hydrogen) atoms. The third kappa shape index (κ3) is 0.769. The van der Waals surface area contributed by atoms with Gasteiger partial charge in [-0.25, -0.2) is 0 Å². The molecule has 0 heterocycles. The van der Waals surface area contributed by atoms with Crippen molar-refractivity contribution in [3.05, 3.63) is 24.3 Å². The van der Waals surface area contributed by atoms with E-state index < -0.39 is 0 Å². The Kier molecular flexibility index (Phi) is 1.07. The Bertz CT molecular complexity index is 110. The summed E-state index contributed by atoms with van der Waals surface area (Å²) in [4.78, 5) is 3.76. The highest BCUT2D eigenvalue weighted by atomic mass is 14.7. The number of hydrogen-bond acceptors (Lipinski definition) is 1. The van der Waals surface area contributed by atoms with Crippen molar-refractivity contribution in [3.8, 4) is 0 Å². The van der Waals surface area contributed by atoms with E-state index in [4.69, 9.17) is 0 Å². The van der Waals surface area contributed by atoms with E-state index in [9.17, 15) is 0 Å². The maximum Gasteiger partial charge on any atom is 0.0859 e. The second-order valence-corrected chi connectivity index (χ2v) is 1.44. The second kappa shape index (κ2) is 1.73. The monoisotopic (exact) mass is 93.1 g/mol. The molecule has 0 aliphatic heterocycles. The van der Waals surface area contributed by atoms with Crippen molar-refractivity contribution in [1.82, 2.24) is 0 Å². The number of aliphatic imine (C=N–C) groups is 1. The third-order valence-electron chi connectivity index (χ3n) is 0.939. The smallest absolute Gasteiger partial charge is 0.0859 e. The summed E-state index contributed by atoms with van der Waals surface area (Å²) in [6.45, 7) is 3.39. The molecule has 0 fully saturated rings. The number of allylic oxidation sites excluding steroid dienone is 2. The molecule has 1 aliphatic rings. The van der Waals surface area contributed by atoms with Gasteiger partial charge in [-0.3, -0.25) is 4.99 Å². The minimum atomic E-state index is 0.250. The lowest BCUT2D eigenvalue weighted by Gasteiger charge is -1.88. The van der Waals surface area contributed by atoms with E-state index >= 15 is 0 Å². The lowest BCUT2D eigenvalue weighted by molar-refractivity contribution is 1.06. The summed E-state index contributed by atoms with van der Waals surface area (Å²) in [6, 6.07) is 0.250. The van der Waals surface area contributed by atoms with Crippen molar-refractivity contribution in [2.75, 3.05) is 0 Å². The van der Waals surface area contributed by atoms with Gasteiger partial charge in [0.2, 0.25) is 0 Å². The lowest BCUT2D eigenvalue weighted by Crippen LogP contribution is -1.86. The van der Waals surface area contributed by atoms with Gasteiger partial charge in [-0.05, 0) is 6.72 Å². The van der Waals surface area contributed by atoms with Gasteiger partial charge in [0, 0.05) is 0 Å². The van der Waals surface area contributed by atoms with Gasteiger partial charge in [0.05, 0.1) is 6.04 Å². The zero-order valence-electron chi connectivity index (χ0n) is 4.04. The van der Waals surface area contributed by atoms with Crippen LogP contribution in [0.4, 0.5) is 0 Å². The summed E-state index contributed by atoms with van der Waals surface area (Å²) in [5, 5.41) is 0. The van der Waals surface area contributed by atoms with E-state index in [-0.39, 0.29) is 6.04 Å². The molecule has 0 aromatic heterocycles. The molecule has 1 heteroatoms. The van der Waals surface area contributed by atoms with E-state index in [1.54, 1.807) is 0 Å². The Morgan fingerprint density at radius 3 is 2.14 bits per heavy atom. The fraction of sp³-hybridized carbons (Fsp3) is 0.167. The Morgan fingerprint density at radius 2 is 1.86 bits per heavy atom. The van der Waals surface area contributed by atoms with Gasteiger partial charge in [-0.1, -0.05) is 24.3 Å². The Hall–Kier alpha value is -0.850. The van der Waals surface area contributed by atoms with Crippen LogP contribution in [0.15, 0.2) is 29.3 Å².